The largest absolute Gasteiger partial charge is 0.350 e. The summed E-state index contributed by atoms with van der Waals surface area (Å²) in [6.45, 7) is 6.20. The standard InChI is InChI=1S/C17H23FN2/c1-3-10-19-17(4-2)15-9-11-20(13-15)12-14-5-7-16(18)8-6-14/h5-9,11,13,17,19H,3-4,10,12H2,1-2H3. The summed E-state index contributed by atoms with van der Waals surface area (Å²) in [4.78, 5) is 0. The van der Waals surface area contributed by atoms with Gasteiger partial charge in [0.25, 0.3) is 0 Å². The fourth-order valence-electron chi connectivity index (χ4n) is 2.38. The Kier molecular flexibility index (Phi) is 5.36. The van der Waals surface area contributed by atoms with Crippen LogP contribution in [0.15, 0.2) is 42.7 Å². The second-order valence-electron chi connectivity index (χ2n) is 5.16. The van der Waals surface area contributed by atoms with E-state index in [2.05, 4.69) is 42.2 Å². The van der Waals surface area contributed by atoms with Crippen molar-refractivity contribution in [3.63, 3.8) is 0 Å². The molecule has 0 aliphatic rings. The number of hydrogen-bond acceptors (Lipinski definition) is 1. The van der Waals surface area contributed by atoms with Crippen LogP contribution in [0.4, 0.5) is 4.39 Å². The summed E-state index contributed by atoms with van der Waals surface area (Å²) < 4.78 is 15.0. The second-order valence-corrected chi connectivity index (χ2v) is 5.16. The van der Waals surface area contributed by atoms with Gasteiger partial charge in [0, 0.05) is 25.0 Å². The third-order valence-corrected chi connectivity index (χ3v) is 3.50. The van der Waals surface area contributed by atoms with Crippen LogP contribution >= 0.6 is 0 Å². The van der Waals surface area contributed by atoms with Crippen molar-refractivity contribution in [2.24, 2.45) is 0 Å². The molecule has 0 aliphatic heterocycles. The fourth-order valence-corrected chi connectivity index (χ4v) is 2.38. The molecular weight excluding hydrogens is 251 g/mol. The van der Waals surface area contributed by atoms with Crippen LogP contribution in [0.5, 0.6) is 0 Å². The van der Waals surface area contributed by atoms with Crippen molar-refractivity contribution >= 4 is 0 Å². The molecule has 2 rings (SSSR count). The monoisotopic (exact) mass is 274 g/mol. The summed E-state index contributed by atoms with van der Waals surface area (Å²) in [6.07, 6.45) is 6.50. The molecule has 2 aromatic rings. The molecule has 2 nitrogen and oxygen atoms in total. The van der Waals surface area contributed by atoms with Crippen molar-refractivity contribution < 1.29 is 4.39 Å². The minimum absolute atomic E-state index is 0.184. The van der Waals surface area contributed by atoms with Gasteiger partial charge < -0.3 is 9.88 Å². The van der Waals surface area contributed by atoms with Crippen molar-refractivity contribution in [1.82, 2.24) is 9.88 Å². The molecule has 0 aliphatic carbocycles. The first-order valence-corrected chi connectivity index (χ1v) is 7.36. The van der Waals surface area contributed by atoms with Gasteiger partial charge in [-0.05, 0) is 48.7 Å². The van der Waals surface area contributed by atoms with Gasteiger partial charge in [-0.25, -0.2) is 4.39 Å². The van der Waals surface area contributed by atoms with E-state index in [0.29, 0.717) is 6.04 Å². The Labute approximate surface area is 120 Å². The number of rotatable bonds is 7. The molecule has 0 amide bonds. The average molecular weight is 274 g/mol. The van der Waals surface area contributed by atoms with Gasteiger partial charge in [0.05, 0.1) is 0 Å². The lowest BCUT2D eigenvalue weighted by atomic mass is 10.1. The summed E-state index contributed by atoms with van der Waals surface area (Å²) in [5.74, 6) is -0.184. The maximum Gasteiger partial charge on any atom is 0.123 e. The minimum Gasteiger partial charge on any atom is -0.350 e. The van der Waals surface area contributed by atoms with E-state index in [4.69, 9.17) is 0 Å². The Bertz CT molecular complexity index is 516. The lowest BCUT2D eigenvalue weighted by Crippen LogP contribution is -2.21. The molecular formula is C17H23FN2. The predicted octanol–water partition coefficient (Wildman–Crippen LogP) is 4.13. The highest BCUT2D eigenvalue weighted by Crippen LogP contribution is 2.17. The van der Waals surface area contributed by atoms with Crippen LogP contribution in [-0.4, -0.2) is 11.1 Å². The van der Waals surface area contributed by atoms with Crippen molar-refractivity contribution in [1.29, 1.82) is 0 Å². The molecule has 1 N–H and O–H groups in total. The van der Waals surface area contributed by atoms with Gasteiger partial charge in [-0.15, -0.1) is 0 Å². The van der Waals surface area contributed by atoms with Crippen LogP contribution in [0.25, 0.3) is 0 Å². The van der Waals surface area contributed by atoms with Gasteiger partial charge in [-0.3, -0.25) is 0 Å². The highest BCUT2D eigenvalue weighted by atomic mass is 19.1. The molecule has 108 valence electrons. The van der Waals surface area contributed by atoms with Crippen LogP contribution in [0, 0.1) is 5.82 Å². The number of hydrogen-bond donors (Lipinski definition) is 1. The van der Waals surface area contributed by atoms with E-state index in [0.717, 1.165) is 31.5 Å². The van der Waals surface area contributed by atoms with Crippen LogP contribution in [-0.2, 0) is 6.54 Å². The Hall–Kier alpha value is -1.61. The topological polar surface area (TPSA) is 17.0 Å². The van der Waals surface area contributed by atoms with Crippen LogP contribution in [0.2, 0.25) is 0 Å². The number of aromatic nitrogens is 1. The lowest BCUT2D eigenvalue weighted by Gasteiger charge is -2.15. The third-order valence-electron chi connectivity index (χ3n) is 3.50. The normalized spacial score (nSPS) is 12.6. The second kappa shape index (κ2) is 7.25. The van der Waals surface area contributed by atoms with E-state index in [1.165, 1.54) is 17.7 Å². The van der Waals surface area contributed by atoms with Gasteiger partial charge in [0.15, 0.2) is 0 Å². The summed E-state index contributed by atoms with van der Waals surface area (Å²) in [7, 11) is 0. The van der Waals surface area contributed by atoms with E-state index < -0.39 is 0 Å². The number of nitrogens with zero attached hydrogens (tertiary/aromatic N) is 1. The van der Waals surface area contributed by atoms with Crippen LogP contribution < -0.4 is 5.32 Å². The molecule has 0 fully saturated rings. The molecule has 0 bridgehead atoms. The summed E-state index contributed by atoms with van der Waals surface area (Å²) in [5.41, 5.74) is 2.44. The first-order chi connectivity index (χ1) is 9.72. The smallest absolute Gasteiger partial charge is 0.123 e. The quantitative estimate of drug-likeness (QED) is 0.803. The zero-order chi connectivity index (χ0) is 14.4. The molecule has 1 aromatic carbocycles. The molecule has 0 radical (unpaired) electrons. The Morgan fingerprint density at radius 3 is 2.55 bits per heavy atom. The highest BCUT2D eigenvalue weighted by molar-refractivity contribution is 5.20. The van der Waals surface area contributed by atoms with Crippen molar-refractivity contribution in [3.05, 3.63) is 59.7 Å². The van der Waals surface area contributed by atoms with E-state index in [1.807, 2.05) is 12.1 Å². The highest BCUT2D eigenvalue weighted by Gasteiger charge is 2.09. The van der Waals surface area contributed by atoms with Gasteiger partial charge in [-0.1, -0.05) is 26.0 Å². The molecule has 0 saturated carbocycles. The Morgan fingerprint density at radius 2 is 1.90 bits per heavy atom. The molecule has 3 heteroatoms. The summed E-state index contributed by atoms with van der Waals surface area (Å²) >= 11 is 0. The van der Waals surface area contributed by atoms with Gasteiger partial charge in [0.1, 0.15) is 5.82 Å². The fraction of sp³-hybridized carbons (Fsp3) is 0.412. The Morgan fingerprint density at radius 1 is 1.15 bits per heavy atom. The molecule has 0 saturated heterocycles. The van der Waals surface area contributed by atoms with Gasteiger partial charge in [-0.2, -0.15) is 0 Å². The molecule has 20 heavy (non-hydrogen) atoms. The van der Waals surface area contributed by atoms with Crippen molar-refractivity contribution in [3.8, 4) is 0 Å². The molecule has 1 aromatic heterocycles. The Balaban J connectivity index is 2.02. The van der Waals surface area contributed by atoms with Crippen molar-refractivity contribution in [2.75, 3.05) is 6.54 Å². The van der Waals surface area contributed by atoms with E-state index in [-0.39, 0.29) is 5.82 Å². The zero-order valence-electron chi connectivity index (χ0n) is 12.3. The zero-order valence-corrected chi connectivity index (χ0v) is 12.3. The van der Waals surface area contributed by atoms with Crippen molar-refractivity contribution in [2.45, 2.75) is 39.3 Å². The maximum atomic E-state index is 12.9. The van der Waals surface area contributed by atoms with E-state index >= 15 is 0 Å². The number of halogens is 1. The van der Waals surface area contributed by atoms with Crippen LogP contribution in [0.3, 0.4) is 0 Å². The lowest BCUT2D eigenvalue weighted by molar-refractivity contribution is 0.517. The number of benzene rings is 1. The predicted molar refractivity (Wildman–Crippen MR) is 81.3 cm³/mol. The summed E-state index contributed by atoms with van der Waals surface area (Å²) in [6, 6.07) is 9.28. The van der Waals surface area contributed by atoms with Gasteiger partial charge in [0.2, 0.25) is 0 Å². The molecule has 1 heterocycles. The van der Waals surface area contributed by atoms with E-state index in [9.17, 15) is 4.39 Å². The number of nitrogens with one attached hydrogen (secondary N) is 1. The molecule has 0 spiro atoms. The average Bonchev–Trinajstić information content (AvgIpc) is 2.91. The first kappa shape index (κ1) is 14.8. The van der Waals surface area contributed by atoms with E-state index in [1.54, 1.807) is 0 Å². The van der Waals surface area contributed by atoms with Crippen LogP contribution in [0.1, 0.15) is 43.9 Å². The van der Waals surface area contributed by atoms with Gasteiger partial charge >= 0.3 is 0 Å². The maximum absolute atomic E-state index is 12.9. The first-order valence-electron chi connectivity index (χ1n) is 7.36. The minimum atomic E-state index is -0.184. The third kappa shape index (κ3) is 3.94. The molecule has 1 unspecified atom stereocenters. The molecule has 1 atom stereocenters. The SMILES string of the molecule is CCCNC(CC)c1ccn(Cc2ccc(F)cc2)c1. The summed E-state index contributed by atoms with van der Waals surface area (Å²) in [5, 5.41) is 3.56.